The monoisotopic (exact) mass is 273 g/mol. The summed E-state index contributed by atoms with van der Waals surface area (Å²) >= 11 is 0. The van der Waals surface area contributed by atoms with Gasteiger partial charge in [-0.3, -0.25) is 0 Å². The Hall–Kier alpha value is -1.30. The molecule has 6 heteroatoms. The van der Waals surface area contributed by atoms with Gasteiger partial charge in [-0.15, -0.1) is 0 Å². The molecular weight excluding hydrogens is 255 g/mol. The average Bonchev–Trinajstić information content (AvgIpc) is 2.39. The van der Waals surface area contributed by atoms with Crippen molar-refractivity contribution in [3.8, 4) is 0 Å². The lowest BCUT2D eigenvalue weighted by Crippen LogP contribution is -2.24. The Morgan fingerprint density at radius 3 is 2.47 bits per heavy atom. The zero-order valence-corrected chi connectivity index (χ0v) is 10.6. The Morgan fingerprint density at radius 2 is 1.89 bits per heavy atom. The standard InChI is InChI=1S/C13H18F3N3/c14-13(15,16)11-7-6-9(8-17)12(19-11)18-10-4-2-1-3-5-10/h6-7,10H,1-5,8,17H2,(H,18,19). The van der Waals surface area contributed by atoms with Gasteiger partial charge in [-0.25, -0.2) is 4.98 Å². The first-order valence-corrected chi connectivity index (χ1v) is 6.54. The van der Waals surface area contributed by atoms with Crippen LogP contribution in [0.15, 0.2) is 12.1 Å². The van der Waals surface area contributed by atoms with Crippen LogP contribution in [0.2, 0.25) is 0 Å². The van der Waals surface area contributed by atoms with Crippen LogP contribution in [0.25, 0.3) is 0 Å². The molecule has 1 aromatic rings. The second-order valence-electron chi connectivity index (χ2n) is 4.89. The number of anilines is 1. The van der Waals surface area contributed by atoms with E-state index in [9.17, 15) is 13.2 Å². The third-order valence-corrected chi connectivity index (χ3v) is 3.44. The summed E-state index contributed by atoms with van der Waals surface area (Å²) in [5, 5.41) is 3.12. The highest BCUT2D eigenvalue weighted by Crippen LogP contribution is 2.30. The van der Waals surface area contributed by atoms with Crippen LogP contribution in [-0.4, -0.2) is 11.0 Å². The van der Waals surface area contributed by atoms with Crippen LogP contribution < -0.4 is 11.1 Å². The molecule has 1 aliphatic carbocycles. The largest absolute Gasteiger partial charge is 0.433 e. The van der Waals surface area contributed by atoms with E-state index in [1.165, 1.54) is 12.5 Å². The SMILES string of the molecule is NCc1ccc(C(F)(F)F)nc1NC1CCCCC1. The number of alkyl halides is 3. The maximum absolute atomic E-state index is 12.7. The molecule has 0 radical (unpaired) electrons. The van der Waals surface area contributed by atoms with Gasteiger partial charge in [-0.05, 0) is 18.9 Å². The number of hydrogen-bond donors (Lipinski definition) is 2. The fraction of sp³-hybridized carbons (Fsp3) is 0.615. The van der Waals surface area contributed by atoms with Gasteiger partial charge < -0.3 is 11.1 Å². The van der Waals surface area contributed by atoms with Crippen LogP contribution in [0.5, 0.6) is 0 Å². The molecule has 1 heterocycles. The first-order chi connectivity index (χ1) is 9.00. The highest BCUT2D eigenvalue weighted by molar-refractivity contribution is 5.46. The molecule has 3 N–H and O–H groups in total. The summed E-state index contributed by atoms with van der Waals surface area (Å²) in [6.07, 6.45) is 0.932. The Bertz CT molecular complexity index is 426. The minimum atomic E-state index is -4.42. The molecule has 0 bridgehead atoms. The van der Waals surface area contributed by atoms with Crippen molar-refractivity contribution in [1.29, 1.82) is 0 Å². The molecule has 0 saturated heterocycles. The highest BCUT2D eigenvalue weighted by Gasteiger charge is 2.33. The number of aromatic nitrogens is 1. The van der Waals surface area contributed by atoms with Crippen LogP contribution in [0, 0.1) is 0 Å². The van der Waals surface area contributed by atoms with Gasteiger partial charge in [0.15, 0.2) is 0 Å². The summed E-state index contributed by atoms with van der Waals surface area (Å²) in [6.45, 7) is 0.181. The smallest absolute Gasteiger partial charge is 0.367 e. The summed E-state index contributed by atoms with van der Waals surface area (Å²) < 4.78 is 38.0. The third-order valence-electron chi connectivity index (χ3n) is 3.44. The van der Waals surface area contributed by atoms with Crippen LogP contribution in [0.4, 0.5) is 19.0 Å². The first kappa shape index (κ1) is 14.1. The molecule has 1 aromatic heterocycles. The molecule has 1 saturated carbocycles. The van der Waals surface area contributed by atoms with Crippen molar-refractivity contribution in [2.75, 3.05) is 5.32 Å². The van der Waals surface area contributed by atoms with E-state index in [0.717, 1.165) is 31.7 Å². The van der Waals surface area contributed by atoms with Gasteiger partial charge in [-0.2, -0.15) is 13.2 Å². The Labute approximate surface area is 110 Å². The van der Waals surface area contributed by atoms with E-state index in [1.807, 2.05) is 0 Å². The lowest BCUT2D eigenvalue weighted by atomic mass is 9.95. The van der Waals surface area contributed by atoms with E-state index in [1.54, 1.807) is 0 Å². The van der Waals surface area contributed by atoms with Crippen molar-refractivity contribution in [2.24, 2.45) is 5.73 Å². The van der Waals surface area contributed by atoms with Gasteiger partial charge >= 0.3 is 6.18 Å². The number of hydrogen-bond acceptors (Lipinski definition) is 3. The summed E-state index contributed by atoms with van der Waals surface area (Å²) in [6, 6.07) is 2.59. The average molecular weight is 273 g/mol. The Morgan fingerprint density at radius 1 is 1.21 bits per heavy atom. The molecule has 106 valence electrons. The topological polar surface area (TPSA) is 50.9 Å². The number of nitrogens with zero attached hydrogens (tertiary/aromatic N) is 1. The molecule has 3 nitrogen and oxygen atoms in total. The van der Waals surface area contributed by atoms with Crippen LogP contribution in [0.3, 0.4) is 0 Å². The quantitative estimate of drug-likeness (QED) is 0.888. The molecule has 0 aliphatic heterocycles. The number of nitrogens with one attached hydrogen (secondary N) is 1. The molecular formula is C13H18F3N3. The zero-order valence-electron chi connectivity index (χ0n) is 10.6. The molecule has 0 aromatic carbocycles. The molecule has 0 unspecified atom stereocenters. The lowest BCUT2D eigenvalue weighted by Gasteiger charge is -2.24. The minimum absolute atomic E-state index is 0.181. The predicted molar refractivity (Wildman–Crippen MR) is 67.6 cm³/mol. The first-order valence-electron chi connectivity index (χ1n) is 6.54. The molecule has 0 spiro atoms. The van der Waals surface area contributed by atoms with Gasteiger partial charge in [0.1, 0.15) is 11.5 Å². The van der Waals surface area contributed by atoms with E-state index in [2.05, 4.69) is 10.3 Å². The van der Waals surface area contributed by atoms with Crippen molar-refractivity contribution >= 4 is 5.82 Å². The van der Waals surface area contributed by atoms with Crippen molar-refractivity contribution in [3.05, 3.63) is 23.4 Å². The van der Waals surface area contributed by atoms with E-state index >= 15 is 0 Å². The predicted octanol–water partition coefficient (Wildman–Crippen LogP) is 3.30. The fourth-order valence-electron chi connectivity index (χ4n) is 2.38. The lowest BCUT2D eigenvalue weighted by molar-refractivity contribution is -0.141. The highest BCUT2D eigenvalue weighted by atomic mass is 19.4. The van der Waals surface area contributed by atoms with Gasteiger partial charge in [0.05, 0.1) is 0 Å². The number of halogens is 3. The molecule has 2 rings (SSSR count). The normalized spacial score (nSPS) is 17.5. The van der Waals surface area contributed by atoms with E-state index in [4.69, 9.17) is 5.73 Å². The molecule has 0 amide bonds. The second-order valence-corrected chi connectivity index (χ2v) is 4.89. The Kier molecular flexibility index (Phi) is 4.29. The van der Waals surface area contributed by atoms with Gasteiger partial charge in [0.2, 0.25) is 0 Å². The number of rotatable bonds is 3. The number of nitrogens with two attached hydrogens (primary N) is 1. The van der Waals surface area contributed by atoms with E-state index in [-0.39, 0.29) is 18.4 Å². The maximum atomic E-state index is 12.7. The van der Waals surface area contributed by atoms with Crippen molar-refractivity contribution in [3.63, 3.8) is 0 Å². The van der Waals surface area contributed by atoms with Crippen LogP contribution in [-0.2, 0) is 12.7 Å². The fourth-order valence-corrected chi connectivity index (χ4v) is 2.38. The molecule has 0 atom stereocenters. The minimum Gasteiger partial charge on any atom is -0.367 e. The van der Waals surface area contributed by atoms with Gasteiger partial charge in [-0.1, -0.05) is 25.3 Å². The Balaban J connectivity index is 2.20. The van der Waals surface area contributed by atoms with Crippen molar-refractivity contribution in [1.82, 2.24) is 4.98 Å². The van der Waals surface area contributed by atoms with Crippen molar-refractivity contribution < 1.29 is 13.2 Å². The molecule has 1 fully saturated rings. The summed E-state index contributed by atoms with van der Waals surface area (Å²) in [4.78, 5) is 3.69. The second kappa shape index (κ2) is 5.77. The maximum Gasteiger partial charge on any atom is 0.433 e. The number of pyridine rings is 1. The van der Waals surface area contributed by atoms with Gasteiger partial charge in [0, 0.05) is 18.2 Å². The molecule has 19 heavy (non-hydrogen) atoms. The van der Waals surface area contributed by atoms with Crippen LogP contribution >= 0.6 is 0 Å². The van der Waals surface area contributed by atoms with E-state index in [0.29, 0.717) is 5.56 Å². The van der Waals surface area contributed by atoms with Crippen LogP contribution in [0.1, 0.15) is 43.4 Å². The molecule has 1 aliphatic rings. The van der Waals surface area contributed by atoms with Crippen molar-refractivity contribution in [2.45, 2.75) is 50.9 Å². The zero-order chi connectivity index (χ0) is 13.9. The summed E-state index contributed by atoms with van der Waals surface area (Å²) in [5.74, 6) is 0.282. The summed E-state index contributed by atoms with van der Waals surface area (Å²) in [7, 11) is 0. The third kappa shape index (κ3) is 3.59. The summed E-state index contributed by atoms with van der Waals surface area (Å²) in [5.41, 5.74) is 5.31. The van der Waals surface area contributed by atoms with E-state index < -0.39 is 11.9 Å². The van der Waals surface area contributed by atoms with Gasteiger partial charge in [0.25, 0.3) is 0 Å².